The first kappa shape index (κ1) is 54.6. The average molecular weight is 806 g/mol. The minimum Gasteiger partial charge on any atom is -0.481 e. The van der Waals surface area contributed by atoms with Gasteiger partial charge in [-0.1, -0.05) is 174 Å². The van der Waals surface area contributed by atoms with Gasteiger partial charge in [0.2, 0.25) is 0 Å². The van der Waals surface area contributed by atoms with Crippen molar-refractivity contribution in [2.24, 2.45) is 17.8 Å². The average Bonchev–Trinajstić information content (AvgIpc) is 3.20. The van der Waals surface area contributed by atoms with E-state index in [4.69, 9.17) is 14.2 Å². The zero-order valence-corrected chi connectivity index (χ0v) is 37.9. The van der Waals surface area contributed by atoms with Crippen molar-refractivity contribution in [3.8, 4) is 0 Å². The van der Waals surface area contributed by atoms with E-state index >= 15 is 0 Å². The molecule has 0 bridgehead atoms. The van der Waals surface area contributed by atoms with Gasteiger partial charge in [-0.15, -0.1) is 0 Å². The molecule has 0 spiro atoms. The number of hydrogen-bond donors (Lipinski definition) is 1. The van der Waals surface area contributed by atoms with E-state index in [9.17, 15) is 19.5 Å². The van der Waals surface area contributed by atoms with E-state index in [0.717, 1.165) is 83.3 Å². The highest BCUT2D eigenvalue weighted by Gasteiger charge is 2.25. The number of carboxylic acid groups (broad SMARTS) is 1. The maximum Gasteiger partial charge on any atom is 0.508 e. The first-order chi connectivity index (χ1) is 27.8. The molecule has 1 N–H and O–H groups in total. The highest BCUT2D eigenvalue weighted by Crippen LogP contribution is 2.25. The smallest absolute Gasteiger partial charge is 0.481 e. The summed E-state index contributed by atoms with van der Waals surface area (Å²) in [5.41, 5.74) is 0. The topological polar surface area (TPSA) is 102 Å². The van der Waals surface area contributed by atoms with Crippen LogP contribution in [0.3, 0.4) is 0 Å². The second kappa shape index (κ2) is 41.8. The van der Waals surface area contributed by atoms with E-state index < -0.39 is 24.0 Å². The summed E-state index contributed by atoms with van der Waals surface area (Å²) in [6.45, 7) is 14.0. The number of allylic oxidation sites excluding steroid dienone is 4. The van der Waals surface area contributed by atoms with Crippen molar-refractivity contribution in [3.05, 3.63) is 24.3 Å². The highest BCUT2D eigenvalue weighted by molar-refractivity contribution is 5.70. The molecule has 0 aromatic heterocycles. The van der Waals surface area contributed by atoms with Crippen LogP contribution in [0.5, 0.6) is 0 Å². The molecule has 0 aromatic rings. The number of ether oxygens (including phenoxy) is 3. The van der Waals surface area contributed by atoms with Gasteiger partial charge >= 0.3 is 18.1 Å². The molecule has 8 heteroatoms. The second-order valence-electron chi connectivity index (χ2n) is 16.4. The largest absolute Gasteiger partial charge is 0.508 e. The number of carbonyl (C=O) groups is 3. The summed E-state index contributed by atoms with van der Waals surface area (Å²) in [6, 6.07) is 0. The molecule has 8 nitrogen and oxygen atoms in total. The molecule has 0 aliphatic heterocycles. The van der Waals surface area contributed by atoms with Crippen LogP contribution in [-0.4, -0.2) is 67.6 Å². The SMILES string of the molecule is CCCCC/C=C\C/C=C\CCCCCCC(CC(COC(=O)CCCCCC(CCCCCC)CCCCCC)COC(=O)OCCCN(CC)CC)C(=O)O. The molecule has 0 aromatic carbocycles. The number of unbranched alkanes of at least 4 members (excludes halogenated alkanes) is 15. The third kappa shape index (κ3) is 36.5. The predicted octanol–water partition coefficient (Wildman–Crippen LogP) is 14.1. The lowest BCUT2D eigenvalue weighted by atomic mass is 9.89. The molecule has 0 heterocycles. The first-order valence-electron chi connectivity index (χ1n) is 24.0. The van der Waals surface area contributed by atoms with Crippen molar-refractivity contribution in [1.82, 2.24) is 4.90 Å². The van der Waals surface area contributed by atoms with Crippen molar-refractivity contribution in [2.75, 3.05) is 39.5 Å². The van der Waals surface area contributed by atoms with Crippen LogP contribution in [-0.2, 0) is 23.8 Å². The Balaban J connectivity index is 4.89. The lowest BCUT2D eigenvalue weighted by Gasteiger charge is -2.21. The summed E-state index contributed by atoms with van der Waals surface area (Å²) in [5, 5.41) is 10.1. The van der Waals surface area contributed by atoms with Crippen LogP contribution in [0.2, 0.25) is 0 Å². The van der Waals surface area contributed by atoms with E-state index in [2.05, 4.69) is 63.8 Å². The van der Waals surface area contributed by atoms with E-state index in [1.807, 2.05) is 0 Å². The number of hydrogen-bond acceptors (Lipinski definition) is 7. The maximum absolute atomic E-state index is 12.8. The molecule has 0 amide bonds. The molecule has 0 aliphatic carbocycles. The lowest BCUT2D eigenvalue weighted by molar-refractivity contribution is -0.146. The Labute approximate surface area is 351 Å². The van der Waals surface area contributed by atoms with Crippen LogP contribution in [0.1, 0.15) is 214 Å². The van der Waals surface area contributed by atoms with Crippen molar-refractivity contribution >= 4 is 18.1 Å². The number of carboxylic acids is 1. The molecule has 57 heavy (non-hydrogen) atoms. The summed E-state index contributed by atoms with van der Waals surface area (Å²) in [7, 11) is 0. The molecule has 0 radical (unpaired) electrons. The Morgan fingerprint density at radius 1 is 0.544 bits per heavy atom. The van der Waals surface area contributed by atoms with E-state index in [1.165, 1.54) is 96.3 Å². The van der Waals surface area contributed by atoms with Gasteiger partial charge in [0.15, 0.2) is 0 Å². The third-order valence-corrected chi connectivity index (χ3v) is 11.3. The van der Waals surface area contributed by atoms with Gasteiger partial charge in [0.05, 0.1) is 19.1 Å². The molecular weight excluding hydrogens is 715 g/mol. The van der Waals surface area contributed by atoms with Gasteiger partial charge in [0, 0.05) is 18.9 Å². The van der Waals surface area contributed by atoms with Gasteiger partial charge in [-0.2, -0.15) is 0 Å². The molecule has 0 fully saturated rings. The number of nitrogens with zero attached hydrogens (tertiary/aromatic N) is 1. The summed E-state index contributed by atoms with van der Waals surface area (Å²) >= 11 is 0. The second-order valence-corrected chi connectivity index (χ2v) is 16.4. The Morgan fingerprint density at radius 3 is 1.63 bits per heavy atom. The fourth-order valence-electron chi connectivity index (χ4n) is 7.48. The van der Waals surface area contributed by atoms with E-state index in [-0.39, 0.29) is 32.2 Å². The first-order valence-corrected chi connectivity index (χ1v) is 24.0. The molecular formula is C49H91NO7. The summed E-state index contributed by atoms with van der Waals surface area (Å²) in [5.74, 6) is -1.33. The lowest BCUT2D eigenvalue weighted by Crippen LogP contribution is -2.27. The highest BCUT2D eigenvalue weighted by atomic mass is 16.7. The minimum absolute atomic E-state index is 0.0374. The van der Waals surface area contributed by atoms with Crippen LogP contribution in [0.15, 0.2) is 24.3 Å². The molecule has 2 unspecified atom stereocenters. The Hall–Kier alpha value is -2.35. The number of carbonyl (C=O) groups excluding carboxylic acids is 2. The van der Waals surface area contributed by atoms with E-state index in [0.29, 0.717) is 19.3 Å². The molecule has 0 rings (SSSR count). The zero-order chi connectivity index (χ0) is 42.0. The third-order valence-electron chi connectivity index (χ3n) is 11.3. The number of aliphatic carboxylic acids is 1. The number of rotatable bonds is 42. The zero-order valence-electron chi connectivity index (χ0n) is 37.9. The van der Waals surface area contributed by atoms with Crippen molar-refractivity contribution in [2.45, 2.75) is 214 Å². The maximum atomic E-state index is 12.8. The Kier molecular flexibility index (Phi) is 40.1. The Bertz CT molecular complexity index is 967. The monoisotopic (exact) mass is 806 g/mol. The summed E-state index contributed by atoms with van der Waals surface area (Å²) in [6.07, 6.45) is 38.5. The van der Waals surface area contributed by atoms with Crippen LogP contribution in [0.25, 0.3) is 0 Å². The Morgan fingerprint density at radius 2 is 1.05 bits per heavy atom. The fourth-order valence-corrected chi connectivity index (χ4v) is 7.48. The van der Waals surface area contributed by atoms with Crippen molar-refractivity contribution in [1.29, 1.82) is 0 Å². The quantitative estimate of drug-likeness (QED) is 0.0370. The van der Waals surface area contributed by atoms with Gasteiger partial charge in [-0.25, -0.2) is 4.79 Å². The standard InChI is InChI=1S/C49H91NO7/c1-6-11-14-17-18-19-20-21-22-23-24-25-26-31-37-46(48(52)53)41-45(43-57-49(54)55-40-33-39-50(9-4)10-5)42-56-47(51)38-32-27-30-36-44(34-28-15-12-7-2)35-29-16-13-8-3/h18-19,21-22,44-46H,6-17,20,23-43H2,1-5H3,(H,52,53)/b19-18-,22-21-. The van der Waals surface area contributed by atoms with Gasteiger partial charge in [-0.3, -0.25) is 9.59 Å². The molecule has 0 saturated heterocycles. The fraction of sp³-hybridized carbons (Fsp3) is 0.857. The predicted molar refractivity (Wildman–Crippen MR) is 239 cm³/mol. The van der Waals surface area contributed by atoms with Gasteiger partial charge in [0.25, 0.3) is 0 Å². The molecule has 2 atom stereocenters. The van der Waals surface area contributed by atoms with Crippen molar-refractivity contribution in [3.63, 3.8) is 0 Å². The van der Waals surface area contributed by atoms with Gasteiger partial charge < -0.3 is 24.2 Å². The van der Waals surface area contributed by atoms with Crippen LogP contribution in [0.4, 0.5) is 4.79 Å². The minimum atomic E-state index is -0.856. The van der Waals surface area contributed by atoms with E-state index in [1.54, 1.807) is 0 Å². The van der Waals surface area contributed by atoms with Crippen molar-refractivity contribution < 1.29 is 33.7 Å². The van der Waals surface area contributed by atoms with Crippen LogP contribution in [0, 0.1) is 17.8 Å². The molecule has 334 valence electrons. The summed E-state index contributed by atoms with van der Waals surface area (Å²) < 4.78 is 16.4. The van der Waals surface area contributed by atoms with Crippen LogP contribution < -0.4 is 0 Å². The molecule has 0 aliphatic rings. The normalized spacial score (nSPS) is 12.9. The molecule has 0 saturated carbocycles. The number of esters is 1. The van der Waals surface area contributed by atoms with Gasteiger partial charge in [-0.05, 0) is 76.8 Å². The summed E-state index contributed by atoms with van der Waals surface area (Å²) in [4.78, 5) is 39.9. The van der Waals surface area contributed by atoms with Gasteiger partial charge in [0.1, 0.15) is 6.61 Å². The van der Waals surface area contributed by atoms with Crippen LogP contribution >= 0.6 is 0 Å².